The van der Waals surface area contributed by atoms with Crippen LogP contribution >= 0.6 is 11.8 Å². The summed E-state index contributed by atoms with van der Waals surface area (Å²) in [5, 5.41) is 8.37. The van der Waals surface area contributed by atoms with Crippen molar-refractivity contribution in [2.24, 2.45) is 5.14 Å². The van der Waals surface area contributed by atoms with Gasteiger partial charge in [-0.1, -0.05) is 17.8 Å². The average Bonchev–Trinajstić information content (AvgIpc) is 3.33. The number of carbonyl (C=O) groups is 1. The fraction of sp³-hybridized carbons (Fsp3) is 0.300. The summed E-state index contributed by atoms with van der Waals surface area (Å²) >= 11 is 1.31. The van der Waals surface area contributed by atoms with Crippen LogP contribution in [0.15, 0.2) is 46.5 Å². The van der Waals surface area contributed by atoms with E-state index < -0.39 is 15.3 Å². The molecule has 11 heteroatoms. The van der Waals surface area contributed by atoms with Gasteiger partial charge in [0, 0.05) is 13.1 Å². The van der Waals surface area contributed by atoms with Crippen molar-refractivity contribution < 1.29 is 22.7 Å². The normalized spacial score (nSPS) is 14.0. The number of benzene rings is 2. The first kappa shape index (κ1) is 21.5. The zero-order valence-electron chi connectivity index (χ0n) is 17.0. The molecule has 3 N–H and O–H groups in total. The van der Waals surface area contributed by atoms with E-state index in [1.807, 2.05) is 29.7 Å². The number of nitrogens with two attached hydrogens (primary N) is 1. The van der Waals surface area contributed by atoms with Gasteiger partial charge in [0.2, 0.25) is 22.7 Å². The van der Waals surface area contributed by atoms with Gasteiger partial charge in [-0.15, -0.1) is 0 Å². The lowest BCUT2D eigenvalue weighted by molar-refractivity contribution is -0.120. The predicted octanol–water partition coefficient (Wildman–Crippen LogP) is 2.23. The molecule has 0 bridgehead atoms. The number of nitrogens with zero attached hydrogens (tertiary/aromatic N) is 2. The van der Waals surface area contributed by atoms with Crippen LogP contribution in [0.1, 0.15) is 19.4 Å². The van der Waals surface area contributed by atoms with Crippen molar-refractivity contribution >= 4 is 38.7 Å². The van der Waals surface area contributed by atoms with Gasteiger partial charge in [-0.3, -0.25) is 4.79 Å². The Morgan fingerprint density at radius 2 is 2.03 bits per heavy atom. The number of hydrogen-bond donors (Lipinski definition) is 2. The first-order valence-corrected chi connectivity index (χ1v) is 12.0. The van der Waals surface area contributed by atoms with Crippen LogP contribution in [0, 0.1) is 0 Å². The molecular formula is C20H22N4O5S2. The number of ether oxygens (including phenoxy) is 2. The van der Waals surface area contributed by atoms with Crippen LogP contribution in [-0.4, -0.2) is 35.9 Å². The molecule has 2 heterocycles. The van der Waals surface area contributed by atoms with Gasteiger partial charge >= 0.3 is 0 Å². The maximum absolute atomic E-state index is 12.6. The fourth-order valence-corrected chi connectivity index (χ4v) is 4.80. The first-order chi connectivity index (χ1) is 14.8. The lowest BCUT2D eigenvalue weighted by atomic mass is 10.2. The highest BCUT2D eigenvalue weighted by molar-refractivity contribution is 8.00. The van der Waals surface area contributed by atoms with Crippen LogP contribution in [0.3, 0.4) is 0 Å². The standard InChI is InChI=1S/C20H22N4O5S2/c1-3-24-16-6-5-14(31(21,26)27)9-15(16)23-20(24)30-12(2)19(25)22-10-13-4-7-17-18(8-13)29-11-28-17/h4-9,12H,3,10-11H2,1-2H3,(H,22,25)(H2,21,26,27)/t12-/m1/s1. The lowest BCUT2D eigenvalue weighted by Gasteiger charge is -2.13. The second-order valence-corrected chi connectivity index (χ2v) is 9.87. The summed E-state index contributed by atoms with van der Waals surface area (Å²) in [7, 11) is -3.82. The Hall–Kier alpha value is -2.76. The Morgan fingerprint density at radius 1 is 1.26 bits per heavy atom. The quantitative estimate of drug-likeness (QED) is 0.516. The molecule has 1 aliphatic heterocycles. The molecule has 1 amide bonds. The molecule has 2 aromatic carbocycles. The molecule has 0 unspecified atom stereocenters. The van der Waals surface area contributed by atoms with E-state index in [0.29, 0.717) is 35.3 Å². The first-order valence-electron chi connectivity index (χ1n) is 9.62. The van der Waals surface area contributed by atoms with Crippen molar-refractivity contribution in [2.75, 3.05) is 6.79 Å². The number of nitrogens with one attached hydrogen (secondary N) is 1. The Balaban J connectivity index is 1.46. The van der Waals surface area contributed by atoms with Gasteiger partial charge in [-0.2, -0.15) is 0 Å². The highest BCUT2D eigenvalue weighted by atomic mass is 32.2. The number of hydrogen-bond acceptors (Lipinski definition) is 7. The van der Waals surface area contributed by atoms with Crippen molar-refractivity contribution in [3.8, 4) is 11.5 Å². The fourth-order valence-electron chi connectivity index (χ4n) is 3.26. The number of rotatable bonds is 7. The van der Waals surface area contributed by atoms with E-state index in [1.54, 1.807) is 13.0 Å². The zero-order chi connectivity index (χ0) is 22.2. The number of fused-ring (bicyclic) bond motifs is 2. The molecule has 0 fully saturated rings. The van der Waals surface area contributed by atoms with Crippen LogP contribution in [0.25, 0.3) is 11.0 Å². The summed E-state index contributed by atoms with van der Waals surface area (Å²) in [6, 6.07) is 10.1. The monoisotopic (exact) mass is 462 g/mol. The zero-order valence-corrected chi connectivity index (χ0v) is 18.6. The molecule has 0 spiro atoms. The maximum Gasteiger partial charge on any atom is 0.238 e. The van der Waals surface area contributed by atoms with Crippen LogP contribution in [0.2, 0.25) is 0 Å². The lowest BCUT2D eigenvalue weighted by Crippen LogP contribution is -2.30. The van der Waals surface area contributed by atoms with Gasteiger partial charge in [0.05, 0.1) is 21.2 Å². The summed E-state index contributed by atoms with van der Waals surface area (Å²) in [6.45, 7) is 4.95. The molecule has 164 valence electrons. The number of aromatic nitrogens is 2. The summed E-state index contributed by atoms with van der Waals surface area (Å²) < 4.78 is 35.8. The van der Waals surface area contributed by atoms with Crippen molar-refractivity contribution in [1.29, 1.82) is 0 Å². The van der Waals surface area contributed by atoms with E-state index in [1.165, 1.54) is 23.9 Å². The molecule has 0 radical (unpaired) electrons. The molecule has 0 saturated heterocycles. The molecule has 9 nitrogen and oxygen atoms in total. The van der Waals surface area contributed by atoms with Crippen molar-refractivity contribution in [3.63, 3.8) is 0 Å². The van der Waals surface area contributed by atoms with Crippen LogP contribution in [0.4, 0.5) is 0 Å². The number of primary sulfonamides is 1. The van der Waals surface area contributed by atoms with Crippen LogP contribution in [-0.2, 0) is 27.9 Å². The highest BCUT2D eigenvalue weighted by Crippen LogP contribution is 2.32. The molecular weight excluding hydrogens is 440 g/mol. The number of carbonyl (C=O) groups excluding carboxylic acids is 1. The Morgan fingerprint density at radius 3 is 2.77 bits per heavy atom. The van der Waals surface area contributed by atoms with Gasteiger partial charge in [-0.05, 0) is 49.7 Å². The minimum atomic E-state index is -3.82. The molecule has 4 rings (SSSR count). The molecule has 1 aromatic heterocycles. The van der Waals surface area contributed by atoms with Crippen LogP contribution in [0.5, 0.6) is 11.5 Å². The maximum atomic E-state index is 12.6. The summed E-state index contributed by atoms with van der Waals surface area (Å²) in [6.07, 6.45) is 0. The van der Waals surface area contributed by atoms with Crippen molar-refractivity contribution in [3.05, 3.63) is 42.0 Å². The third-order valence-corrected chi connectivity index (χ3v) is 6.89. The van der Waals surface area contributed by atoms with Gasteiger partial charge in [0.1, 0.15) is 0 Å². The van der Waals surface area contributed by atoms with Crippen molar-refractivity contribution in [2.45, 2.75) is 42.2 Å². The minimum Gasteiger partial charge on any atom is -0.454 e. The third kappa shape index (κ3) is 4.48. The number of imidazole rings is 1. The number of sulfonamides is 1. The van der Waals surface area contributed by atoms with E-state index in [2.05, 4.69) is 10.3 Å². The molecule has 0 saturated carbocycles. The molecule has 31 heavy (non-hydrogen) atoms. The molecule has 0 aliphatic carbocycles. The molecule has 1 aliphatic rings. The summed E-state index contributed by atoms with van der Waals surface area (Å²) in [5.74, 6) is 1.23. The van der Waals surface area contributed by atoms with Crippen LogP contribution < -0.4 is 19.9 Å². The highest BCUT2D eigenvalue weighted by Gasteiger charge is 2.20. The largest absolute Gasteiger partial charge is 0.454 e. The topological polar surface area (TPSA) is 126 Å². The Labute approximate surface area is 184 Å². The van der Waals surface area contributed by atoms with Gasteiger partial charge in [0.15, 0.2) is 16.7 Å². The van der Waals surface area contributed by atoms with Crippen molar-refractivity contribution in [1.82, 2.24) is 14.9 Å². The number of amides is 1. The molecule has 1 atom stereocenters. The van der Waals surface area contributed by atoms with E-state index >= 15 is 0 Å². The summed E-state index contributed by atoms with van der Waals surface area (Å²) in [4.78, 5) is 17.2. The second kappa shape index (κ2) is 8.40. The van der Waals surface area contributed by atoms with E-state index in [4.69, 9.17) is 14.6 Å². The third-order valence-electron chi connectivity index (χ3n) is 4.88. The van der Waals surface area contributed by atoms with Gasteiger partial charge < -0.3 is 19.4 Å². The Bertz CT molecular complexity index is 1260. The molecule has 3 aromatic rings. The number of thioether (sulfide) groups is 1. The smallest absolute Gasteiger partial charge is 0.238 e. The summed E-state index contributed by atoms with van der Waals surface area (Å²) in [5.41, 5.74) is 2.21. The van der Waals surface area contributed by atoms with E-state index in [0.717, 1.165) is 11.1 Å². The van der Waals surface area contributed by atoms with Gasteiger partial charge in [0.25, 0.3) is 0 Å². The minimum absolute atomic E-state index is 0.00632. The predicted molar refractivity (Wildman–Crippen MR) is 117 cm³/mol. The second-order valence-electron chi connectivity index (χ2n) is 7.00. The SMILES string of the molecule is CCn1c(S[C@H](C)C(=O)NCc2ccc3c(c2)OCO3)nc2cc(S(N)(=O)=O)ccc21. The van der Waals surface area contributed by atoms with E-state index in [9.17, 15) is 13.2 Å². The van der Waals surface area contributed by atoms with Gasteiger partial charge in [-0.25, -0.2) is 18.5 Å². The average molecular weight is 463 g/mol. The number of aryl methyl sites for hydroxylation is 1. The van der Waals surface area contributed by atoms with E-state index in [-0.39, 0.29) is 17.6 Å². The Kier molecular flexibility index (Phi) is 5.82.